The lowest BCUT2D eigenvalue weighted by molar-refractivity contribution is -0.105. The standard InChI is InChI=1S/C14H13N3O/c18-10-16-13-5-6-14(15-7-13)17-8-11-3-1-2-4-12(11)9-17/h1-7,10H,8-9H2,(H,16,18). The van der Waals surface area contributed by atoms with Crippen LogP contribution in [0.2, 0.25) is 0 Å². The van der Waals surface area contributed by atoms with Gasteiger partial charge in [0.05, 0.1) is 11.9 Å². The Balaban J connectivity index is 1.79. The maximum Gasteiger partial charge on any atom is 0.211 e. The minimum atomic E-state index is 0.655. The van der Waals surface area contributed by atoms with Crippen LogP contribution < -0.4 is 10.2 Å². The number of hydrogen-bond donors (Lipinski definition) is 1. The number of carbonyl (C=O) groups excluding carboxylic acids is 1. The van der Waals surface area contributed by atoms with Gasteiger partial charge in [-0.05, 0) is 23.3 Å². The molecule has 0 fully saturated rings. The molecule has 0 spiro atoms. The molecule has 1 aromatic carbocycles. The molecular weight excluding hydrogens is 226 g/mol. The van der Waals surface area contributed by atoms with Crippen LogP contribution in [0.15, 0.2) is 42.6 Å². The van der Waals surface area contributed by atoms with E-state index in [-0.39, 0.29) is 0 Å². The van der Waals surface area contributed by atoms with Crippen LogP contribution in [0.3, 0.4) is 0 Å². The summed E-state index contributed by atoms with van der Waals surface area (Å²) in [5, 5.41) is 2.58. The van der Waals surface area contributed by atoms with Gasteiger partial charge in [0.15, 0.2) is 0 Å². The van der Waals surface area contributed by atoms with Gasteiger partial charge in [0.1, 0.15) is 5.82 Å². The van der Waals surface area contributed by atoms with Gasteiger partial charge in [0.25, 0.3) is 0 Å². The van der Waals surface area contributed by atoms with E-state index in [2.05, 4.69) is 39.5 Å². The van der Waals surface area contributed by atoms with E-state index in [1.807, 2.05) is 12.1 Å². The molecule has 1 N–H and O–H groups in total. The predicted molar refractivity (Wildman–Crippen MR) is 70.3 cm³/mol. The van der Waals surface area contributed by atoms with Crippen LogP contribution in [0.4, 0.5) is 11.5 Å². The van der Waals surface area contributed by atoms with Crippen LogP contribution in [0.1, 0.15) is 11.1 Å². The van der Waals surface area contributed by atoms with Crippen molar-refractivity contribution < 1.29 is 4.79 Å². The molecule has 18 heavy (non-hydrogen) atoms. The molecule has 1 aromatic heterocycles. The molecule has 0 radical (unpaired) electrons. The number of rotatable bonds is 3. The summed E-state index contributed by atoms with van der Waals surface area (Å²) in [7, 11) is 0. The van der Waals surface area contributed by atoms with E-state index in [9.17, 15) is 4.79 Å². The highest BCUT2D eigenvalue weighted by molar-refractivity contribution is 5.71. The largest absolute Gasteiger partial charge is 0.348 e. The van der Waals surface area contributed by atoms with Crippen LogP contribution in [-0.2, 0) is 17.9 Å². The van der Waals surface area contributed by atoms with Gasteiger partial charge < -0.3 is 10.2 Å². The molecule has 1 amide bonds. The third-order valence-electron chi connectivity index (χ3n) is 3.14. The van der Waals surface area contributed by atoms with Gasteiger partial charge in [-0.25, -0.2) is 4.98 Å². The third-order valence-corrected chi connectivity index (χ3v) is 3.14. The summed E-state index contributed by atoms with van der Waals surface area (Å²) in [5.74, 6) is 0.933. The number of aromatic nitrogens is 1. The smallest absolute Gasteiger partial charge is 0.211 e. The summed E-state index contributed by atoms with van der Waals surface area (Å²) in [6, 6.07) is 12.2. The number of carbonyl (C=O) groups is 1. The second kappa shape index (κ2) is 4.49. The maximum atomic E-state index is 10.3. The SMILES string of the molecule is O=CNc1ccc(N2Cc3ccccc3C2)nc1. The molecule has 2 heterocycles. The fourth-order valence-electron chi connectivity index (χ4n) is 2.22. The van der Waals surface area contributed by atoms with Crippen molar-refractivity contribution in [3.8, 4) is 0 Å². The number of amides is 1. The first kappa shape index (κ1) is 10.8. The van der Waals surface area contributed by atoms with Gasteiger partial charge in [-0.2, -0.15) is 0 Å². The Bertz CT molecular complexity index is 541. The minimum Gasteiger partial charge on any atom is -0.348 e. The number of nitrogens with one attached hydrogen (secondary N) is 1. The molecule has 0 aliphatic carbocycles. The fourth-order valence-corrected chi connectivity index (χ4v) is 2.22. The van der Waals surface area contributed by atoms with E-state index in [0.717, 1.165) is 18.9 Å². The van der Waals surface area contributed by atoms with Crippen molar-refractivity contribution in [3.63, 3.8) is 0 Å². The van der Waals surface area contributed by atoms with Gasteiger partial charge in [0.2, 0.25) is 6.41 Å². The molecule has 3 rings (SSSR count). The summed E-state index contributed by atoms with van der Waals surface area (Å²) in [5.41, 5.74) is 3.43. The number of anilines is 2. The maximum absolute atomic E-state index is 10.3. The Labute approximate surface area is 105 Å². The van der Waals surface area contributed by atoms with E-state index in [1.54, 1.807) is 6.20 Å². The van der Waals surface area contributed by atoms with Gasteiger partial charge in [0, 0.05) is 13.1 Å². The van der Waals surface area contributed by atoms with Crippen molar-refractivity contribution in [1.82, 2.24) is 4.98 Å². The number of pyridine rings is 1. The van der Waals surface area contributed by atoms with Crippen molar-refractivity contribution >= 4 is 17.9 Å². The fraction of sp³-hybridized carbons (Fsp3) is 0.143. The quantitative estimate of drug-likeness (QED) is 0.835. The Morgan fingerprint density at radius 1 is 1.11 bits per heavy atom. The molecule has 4 nitrogen and oxygen atoms in total. The van der Waals surface area contributed by atoms with Crippen LogP contribution >= 0.6 is 0 Å². The number of benzene rings is 1. The van der Waals surface area contributed by atoms with E-state index < -0.39 is 0 Å². The summed E-state index contributed by atoms with van der Waals surface area (Å²) in [6.07, 6.45) is 2.33. The van der Waals surface area contributed by atoms with Crippen LogP contribution in [-0.4, -0.2) is 11.4 Å². The van der Waals surface area contributed by atoms with E-state index >= 15 is 0 Å². The molecule has 0 bridgehead atoms. The molecule has 0 saturated carbocycles. The first-order valence-corrected chi connectivity index (χ1v) is 5.85. The molecule has 0 unspecified atom stereocenters. The highest BCUT2D eigenvalue weighted by Crippen LogP contribution is 2.26. The second-order valence-electron chi connectivity index (χ2n) is 4.29. The van der Waals surface area contributed by atoms with Crippen molar-refractivity contribution in [2.45, 2.75) is 13.1 Å². The van der Waals surface area contributed by atoms with Crippen LogP contribution in [0, 0.1) is 0 Å². The lowest BCUT2D eigenvalue weighted by Gasteiger charge is -2.16. The number of nitrogens with zero attached hydrogens (tertiary/aromatic N) is 2. The van der Waals surface area contributed by atoms with E-state index in [4.69, 9.17) is 0 Å². The molecule has 1 aliphatic heterocycles. The van der Waals surface area contributed by atoms with Gasteiger partial charge in [-0.1, -0.05) is 24.3 Å². The number of hydrogen-bond acceptors (Lipinski definition) is 3. The zero-order chi connectivity index (χ0) is 12.4. The molecular formula is C14H13N3O. The Kier molecular flexibility index (Phi) is 2.68. The molecule has 2 aromatic rings. The first-order chi connectivity index (χ1) is 8.86. The highest BCUT2D eigenvalue weighted by atomic mass is 16.1. The van der Waals surface area contributed by atoms with Crippen LogP contribution in [0.5, 0.6) is 0 Å². The minimum absolute atomic E-state index is 0.655. The summed E-state index contributed by atoms with van der Waals surface area (Å²) in [6.45, 7) is 1.78. The molecule has 1 aliphatic rings. The highest BCUT2D eigenvalue weighted by Gasteiger charge is 2.19. The Hall–Kier alpha value is -2.36. The topological polar surface area (TPSA) is 45.2 Å². The Morgan fingerprint density at radius 3 is 2.39 bits per heavy atom. The number of fused-ring (bicyclic) bond motifs is 1. The van der Waals surface area contributed by atoms with Crippen molar-refractivity contribution in [3.05, 3.63) is 53.7 Å². The molecule has 90 valence electrons. The Morgan fingerprint density at radius 2 is 1.83 bits per heavy atom. The first-order valence-electron chi connectivity index (χ1n) is 5.85. The normalized spacial score (nSPS) is 13.2. The zero-order valence-corrected chi connectivity index (χ0v) is 9.84. The zero-order valence-electron chi connectivity index (χ0n) is 9.84. The van der Waals surface area contributed by atoms with Gasteiger partial charge in [-0.15, -0.1) is 0 Å². The average Bonchev–Trinajstić information content (AvgIpc) is 2.84. The lowest BCUT2D eigenvalue weighted by atomic mass is 10.1. The van der Waals surface area contributed by atoms with Gasteiger partial charge >= 0.3 is 0 Å². The summed E-state index contributed by atoms with van der Waals surface area (Å²) in [4.78, 5) is 16.9. The van der Waals surface area contributed by atoms with Crippen LogP contribution in [0.25, 0.3) is 0 Å². The molecule has 4 heteroatoms. The van der Waals surface area contributed by atoms with E-state index in [1.165, 1.54) is 11.1 Å². The van der Waals surface area contributed by atoms with E-state index in [0.29, 0.717) is 12.1 Å². The lowest BCUT2D eigenvalue weighted by Crippen LogP contribution is -2.15. The second-order valence-corrected chi connectivity index (χ2v) is 4.29. The molecule has 0 atom stereocenters. The van der Waals surface area contributed by atoms with Gasteiger partial charge in [-0.3, -0.25) is 4.79 Å². The third kappa shape index (κ3) is 1.93. The predicted octanol–water partition coefficient (Wildman–Crippen LogP) is 2.17. The van der Waals surface area contributed by atoms with Crippen molar-refractivity contribution in [2.24, 2.45) is 0 Å². The summed E-state index contributed by atoms with van der Waals surface area (Å²) >= 11 is 0. The summed E-state index contributed by atoms with van der Waals surface area (Å²) < 4.78 is 0. The average molecular weight is 239 g/mol. The van der Waals surface area contributed by atoms with Crippen molar-refractivity contribution in [1.29, 1.82) is 0 Å². The monoisotopic (exact) mass is 239 g/mol. The van der Waals surface area contributed by atoms with Crippen molar-refractivity contribution in [2.75, 3.05) is 10.2 Å². The molecule has 0 saturated heterocycles.